The Bertz CT molecular complexity index is 786. The van der Waals surface area contributed by atoms with Crippen molar-refractivity contribution in [3.8, 4) is 11.8 Å². The summed E-state index contributed by atoms with van der Waals surface area (Å²) in [7, 11) is -3.45. The van der Waals surface area contributed by atoms with E-state index in [4.69, 9.17) is 0 Å². The van der Waals surface area contributed by atoms with Gasteiger partial charge in [-0.1, -0.05) is 30.0 Å². The smallest absolute Gasteiger partial charge is 0.240 e. The molecule has 0 atom stereocenters. The van der Waals surface area contributed by atoms with Gasteiger partial charge in [0.2, 0.25) is 10.0 Å². The van der Waals surface area contributed by atoms with Gasteiger partial charge in [-0.2, -0.15) is 0 Å². The van der Waals surface area contributed by atoms with Gasteiger partial charge in [0.05, 0.1) is 11.4 Å². The van der Waals surface area contributed by atoms with E-state index >= 15 is 0 Å². The summed E-state index contributed by atoms with van der Waals surface area (Å²) in [5, 5.41) is 3.19. The first kappa shape index (κ1) is 17.1. The molecule has 2 aromatic carbocycles. The average molecular weight is 328 g/mol. The van der Waals surface area contributed by atoms with Crippen molar-refractivity contribution in [1.29, 1.82) is 0 Å². The van der Waals surface area contributed by atoms with E-state index in [2.05, 4.69) is 21.9 Å². The summed E-state index contributed by atoms with van der Waals surface area (Å²) >= 11 is 0. The van der Waals surface area contributed by atoms with E-state index in [1.807, 2.05) is 30.3 Å². The van der Waals surface area contributed by atoms with E-state index in [0.717, 1.165) is 11.3 Å². The van der Waals surface area contributed by atoms with Crippen LogP contribution in [0.2, 0.25) is 0 Å². The molecule has 23 heavy (non-hydrogen) atoms. The van der Waals surface area contributed by atoms with E-state index in [9.17, 15) is 8.42 Å². The Hall–Kier alpha value is -2.29. The average Bonchev–Trinajstić information content (AvgIpc) is 2.52. The third-order valence-corrected chi connectivity index (χ3v) is 4.62. The van der Waals surface area contributed by atoms with E-state index in [1.165, 1.54) is 0 Å². The minimum Gasteiger partial charge on any atom is -0.374 e. The van der Waals surface area contributed by atoms with Crippen LogP contribution in [0.25, 0.3) is 0 Å². The fourth-order valence-corrected chi connectivity index (χ4v) is 3.20. The molecular weight excluding hydrogens is 308 g/mol. The second-order valence-electron chi connectivity index (χ2n) is 5.32. The topological polar surface area (TPSA) is 58.2 Å². The van der Waals surface area contributed by atoms with Crippen molar-refractivity contribution in [2.75, 3.05) is 11.9 Å². The van der Waals surface area contributed by atoms with Gasteiger partial charge in [0, 0.05) is 17.3 Å². The summed E-state index contributed by atoms with van der Waals surface area (Å²) in [5.41, 5.74) is 1.80. The molecule has 2 aromatic rings. The maximum absolute atomic E-state index is 12.0. The summed E-state index contributed by atoms with van der Waals surface area (Å²) in [6.07, 6.45) is 0. The molecule has 2 N–H and O–H groups in total. The van der Waals surface area contributed by atoms with Crippen LogP contribution in [0.15, 0.2) is 59.5 Å². The largest absolute Gasteiger partial charge is 0.374 e. The lowest BCUT2D eigenvalue weighted by molar-refractivity contribution is 0.570. The van der Waals surface area contributed by atoms with Gasteiger partial charge in [0.15, 0.2) is 0 Å². The minimum absolute atomic E-state index is 0.136. The summed E-state index contributed by atoms with van der Waals surface area (Å²) in [4.78, 5) is 0.249. The lowest BCUT2D eigenvalue weighted by atomic mass is 10.2. The standard InChI is InChI=1S/C18H20N2O2S/c1-15(2)20-23(21,22)18-12-10-16(11-13-18)7-6-14-19-17-8-4-3-5-9-17/h3-5,8-13,15,19-20H,14H2,1-2H3. The number of hydrogen-bond acceptors (Lipinski definition) is 3. The molecular formula is C18H20N2O2S. The fraction of sp³-hybridized carbons (Fsp3) is 0.222. The van der Waals surface area contributed by atoms with Gasteiger partial charge in [-0.05, 0) is 50.2 Å². The molecule has 0 saturated heterocycles. The van der Waals surface area contributed by atoms with Crippen LogP contribution in [0.3, 0.4) is 0 Å². The molecule has 0 aliphatic rings. The van der Waals surface area contributed by atoms with Crippen LogP contribution < -0.4 is 10.0 Å². The van der Waals surface area contributed by atoms with Crippen molar-refractivity contribution in [3.63, 3.8) is 0 Å². The lowest BCUT2D eigenvalue weighted by Gasteiger charge is -2.09. The van der Waals surface area contributed by atoms with Crippen LogP contribution in [0.1, 0.15) is 19.4 Å². The number of sulfonamides is 1. The molecule has 0 radical (unpaired) electrons. The maximum Gasteiger partial charge on any atom is 0.240 e. The molecule has 0 unspecified atom stereocenters. The van der Waals surface area contributed by atoms with E-state index in [1.54, 1.807) is 38.1 Å². The first-order valence-electron chi connectivity index (χ1n) is 7.37. The summed E-state index contributed by atoms with van der Waals surface area (Å²) in [5.74, 6) is 6.02. The van der Waals surface area contributed by atoms with Crippen molar-refractivity contribution in [1.82, 2.24) is 4.72 Å². The molecule has 0 aromatic heterocycles. The van der Waals surface area contributed by atoms with Gasteiger partial charge >= 0.3 is 0 Å². The zero-order chi connectivity index (χ0) is 16.7. The van der Waals surface area contributed by atoms with Gasteiger partial charge in [0.25, 0.3) is 0 Å². The SMILES string of the molecule is CC(C)NS(=O)(=O)c1ccc(C#CCNc2ccccc2)cc1. The third-order valence-electron chi connectivity index (χ3n) is 2.94. The number of benzene rings is 2. The van der Waals surface area contributed by atoms with Crippen molar-refractivity contribution >= 4 is 15.7 Å². The van der Waals surface area contributed by atoms with E-state index in [0.29, 0.717) is 6.54 Å². The highest BCUT2D eigenvalue weighted by molar-refractivity contribution is 7.89. The molecule has 0 aliphatic carbocycles. The van der Waals surface area contributed by atoms with Crippen LogP contribution in [0, 0.1) is 11.8 Å². The third kappa shape index (κ3) is 5.44. The monoisotopic (exact) mass is 328 g/mol. The Morgan fingerprint density at radius 2 is 1.65 bits per heavy atom. The molecule has 0 aliphatic heterocycles. The van der Waals surface area contributed by atoms with Gasteiger partial charge in [-0.3, -0.25) is 0 Å². The first-order valence-corrected chi connectivity index (χ1v) is 8.86. The number of anilines is 1. The van der Waals surface area contributed by atoms with Crippen LogP contribution in [0.4, 0.5) is 5.69 Å². The lowest BCUT2D eigenvalue weighted by Crippen LogP contribution is -2.30. The molecule has 5 heteroatoms. The zero-order valence-corrected chi connectivity index (χ0v) is 14.0. The van der Waals surface area contributed by atoms with Crippen molar-refractivity contribution < 1.29 is 8.42 Å². The Labute approximate surface area is 138 Å². The van der Waals surface area contributed by atoms with E-state index in [-0.39, 0.29) is 10.9 Å². The summed E-state index contributed by atoms with van der Waals surface area (Å²) < 4.78 is 26.6. The molecule has 120 valence electrons. The Morgan fingerprint density at radius 1 is 1.00 bits per heavy atom. The fourth-order valence-electron chi connectivity index (χ4n) is 1.94. The molecule has 0 amide bonds. The minimum atomic E-state index is -3.45. The second kappa shape index (κ2) is 7.82. The molecule has 0 fully saturated rings. The van der Waals surface area contributed by atoms with Crippen LogP contribution in [-0.2, 0) is 10.0 Å². The van der Waals surface area contributed by atoms with Crippen molar-refractivity contribution in [2.24, 2.45) is 0 Å². The van der Waals surface area contributed by atoms with Crippen molar-refractivity contribution in [2.45, 2.75) is 24.8 Å². The summed E-state index contributed by atoms with van der Waals surface area (Å²) in [6, 6.07) is 16.3. The van der Waals surface area contributed by atoms with Crippen LogP contribution in [-0.4, -0.2) is 21.0 Å². The van der Waals surface area contributed by atoms with Crippen LogP contribution in [0.5, 0.6) is 0 Å². The molecule has 4 nitrogen and oxygen atoms in total. The van der Waals surface area contributed by atoms with Gasteiger partial charge < -0.3 is 5.32 Å². The van der Waals surface area contributed by atoms with E-state index < -0.39 is 10.0 Å². The van der Waals surface area contributed by atoms with Gasteiger partial charge in [0.1, 0.15) is 0 Å². The first-order chi connectivity index (χ1) is 11.0. The summed E-state index contributed by atoms with van der Waals surface area (Å²) in [6.45, 7) is 4.10. The number of para-hydroxylation sites is 1. The molecule has 0 spiro atoms. The molecule has 0 saturated carbocycles. The second-order valence-corrected chi connectivity index (χ2v) is 7.04. The predicted octanol–water partition coefficient (Wildman–Crippen LogP) is 2.84. The normalized spacial score (nSPS) is 10.9. The van der Waals surface area contributed by atoms with Crippen molar-refractivity contribution in [3.05, 3.63) is 60.2 Å². The highest BCUT2D eigenvalue weighted by atomic mass is 32.2. The Kier molecular flexibility index (Phi) is 5.80. The van der Waals surface area contributed by atoms with Gasteiger partial charge in [-0.15, -0.1) is 0 Å². The highest BCUT2D eigenvalue weighted by Crippen LogP contribution is 2.10. The quantitative estimate of drug-likeness (QED) is 0.830. The number of nitrogens with one attached hydrogen (secondary N) is 2. The number of hydrogen-bond donors (Lipinski definition) is 2. The maximum atomic E-state index is 12.0. The molecule has 2 rings (SSSR count). The molecule has 0 heterocycles. The highest BCUT2D eigenvalue weighted by Gasteiger charge is 2.14. The predicted molar refractivity (Wildman–Crippen MR) is 93.7 cm³/mol. The molecule has 0 bridgehead atoms. The Morgan fingerprint density at radius 3 is 2.26 bits per heavy atom. The van der Waals surface area contributed by atoms with Gasteiger partial charge in [-0.25, -0.2) is 13.1 Å². The Balaban J connectivity index is 1.97. The van der Waals surface area contributed by atoms with Crippen LogP contribution >= 0.6 is 0 Å². The number of rotatable bonds is 5. The zero-order valence-electron chi connectivity index (χ0n) is 13.2.